The Morgan fingerprint density at radius 1 is 1.42 bits per heavy atom. The fourth-order valence-corrected chi connectivity index (χ4v) is 0.484. The topological polar surface area (TPSA) is 57.6 Å². The molecule has 12 heavy (non-hydrogen) atoms. The zero-order valence-electron chi connectivity index (χ0n) is 7.44. The van der Waals surface area contributed by atoms with Gasteiger partial charge in [-0.3, -0.25) is 4.79 Å². The van der Waals surface area contributed by atoms with Crippen molar-refractivity contribution in [2.24, 2.45) is 5.92 Å². The van der Waals surface area contributed by atoms with E-state index in [0.717, 1.165) is 4.90 Å². The summed E-state index contributed by atoms with van der Waals surface area (Å²) >= 11 is 0. The predicted molar refractivity (Wildman–Crippen MR) is 40.5 cm³/mol. The molecule has 0 aliphatic heterocycles. The van der Waals surface area contributed by atoms with Crippen LogP contribution < -0.4 is 0 Å². The molecule has 1 N–H and O–H groups in total. The van der Waals surface area contributed by atoms with E-state index in [1.54, 1.807) is 13.8 Å². The minimum absolute atomic E-state index is 0. The first-order valence-electron chi connectivity index (χ1n) is 3.42. The van der Waals surface area contributed by atoms with Gasteiger partial charge in [0.15, 0.2) is 5.78 Å². The van der Waals surface area contributed by atoms with Crippen LogP contribution in [0.1, 0.15) is 13.8 Å². The van der Waals surface area contributed by atoms with Crippen molar-refractivity contribution in [3.05, 3.63) is 0 Å². The molecule has 1 amide bonds. The maximum Gasteiger partial charge on any atom is 0.407 e. The van der Waals surface area contributed by atoms with Gasteiger partial charge in [0.25, 0.3) is 0 Å². The molecule has 0 aromatic rings. The Morgan fingerprint density at radius 3 is 2.08 bits per heavy atom. The minimum Gasteiger partial charge on any atom is -0.465 e. The SMILES string of the molecule is CC(C)C(=O)CN(C)C(=O)O.[V]. The van der Waals surface area contributed by atoms with Gasteiger partial charge in [-0.2, -0.15) is 0 Å². The van der Waals surface area contributed by atoms with Crippen LogP contribution in [0.3, 0.4) is 0 Å². The van der Waals surface area contributed by atoms with Gasteiger partial charge in [-0.05, 0) is 0 Å². The van der Waals surface area contributed by atoms with E-state index in [2.05, 4.69) is 0 Å². The fourth-order valence-electron chi connectivity index (χ4n) is 0.484. The van der Waals surface area contributed by atoms with Crippen LogP contribution in [0, 0.1) is 5.92 Å². The molecule has 0 rings (SSSR count). The number of carbonyl (C=O) groups is 2. The van der Waals surface area contributed by atoms with Crippen LogP contribution in [0.15, 0.2) is 0 Å². The Morgan fingerprint density at radius 2 is 1.83 bits per heavy atom. The van der Waals surface area contributed by atoms with Crippen LogP contribution in [0.4, 0.5) is 4.79 Å². The molecule has 4 nitrogen and oxygen atoms in total. The number of ketones is 1. The number of carboxylic acid groups (broad SMARTS) is 1. The van der Waals surface area contributed by atoms with Crippen molar-refractivity contribution >= 4 is 11.9 Å². The first kappa shape index (κ1) is 14.1. The maximum absolute atomic E-state index is 11.0. The molecule has 0 aliphatic rings. The van der Waals surface area contributed by atoms with Gasteiger partial charge in [0, 0.05) is 31.5 Å². The molecule has 0 bridgehead atoms. The van der Waals surface area contributed by atoms with E-state index in [4.69, 9.17) is 5.11 Å². The molecule has 69 valence electrons. The van der Waals surface area contributed by atoms with E-state index >= 15 is 0 Å². The van der Waals surface area contributed by atoms with E-state index in [-0.39, 0.29) is 36.8 Å². The summed E-state index contributed by atoms with van der Waals surface area (Å²) in [5, 5.41) is 8.39. The second-order valence-corrected chi connectivity index (χ2v) is 2.76. The van der Waals surface area contributed by atoms with E-state index in [0.29, 0.717) is 0 Å². The molecule has 0 heterocycles. The summed E-state index contributed by atoms with van der Waals surface area (Å²) in [5.74, 6) is -0.160. The Hall–Kier alpha value is -0.476. The van der Waals surface area contributed by atoms with Crippen molar-refractivity contribution in [2.75, 3.05) is 13.6 Å². The monoisotopic (exact) mass is 210 g/mol. The molecular formula is C7H13NO3V. The molecule has 0 spiro atoms. The Labute approximate surface area is 83.8 Å². The Kier molecular flexibility index (Phi) is 7.14. The second-order valence-electron chi connectivity index (χ2n) is 2.76. The van der Waals surface area contributed by atoms with E-state index in [9.17, 15) is 9.59 Å². The van der Waals surface area contributed by atoms with Crippen LogP contribution in [0.2, 0.25) is 0 Å². The summed E-state index contributed by atoms with van der Waals surface area (Å²) in [6.07, 6.45) is -1.07. The normalized spacial score (nSPS) is 9.00. The first-order valence-corrected chi connectivity index (χ1v) is 3.42. The Balaban J connectivity index is 0. The van der Waals surface area contributed by atoms with Crippen molar-refractivity contribution in [3.63, 3.8) is 0 Å². The quantitative estimate of drug-likeness (QED) is 0.750. The van der Waals surface area contributed by atoms with Crippen LogP contribution in [-0.2, 0) is 23.4 Å². The standard InChI is InChI=1S/C7H13NO3.V/c1-5(2)6(9)4-8(3)7(10)11;/h5H,4H2,1-3H3,(H,10,11);. The molecule has 0 saturated heterocycles. The number of amides is 1. The summed E-state index contributed by atoms with van der Waals surface area (Å²) in [7, 11) is 1.38. The molecule has 0 fully saturated rings. The molecule has 0 saturated carbocycles. The fraction of sp³-hybridized carbons (Fsp3) is 0.714. The number of likely N-dealkylation sites (N-methyl/N-ethyl adjacent to an activating group) is 1. The van der Waals surface area contributed by atoms with Crippen molar-refractivity contribution in [1.82, 2.24) is 4.90 Å². The number of carbonyl (C=O) groups excluding carboxylic acids is 1. The van der Waals surface area contributed by atoms with Gasteiger partial charge in [-0.1, -0.05) is 13.8 Å². The van der Waals surface area contributed by atoms with Crippen molar-refractivity contribution in [3.8, 4) is 0 Å². The third kappa shape index (κ3) is 5.21. The molecule has 0 aliphatic carbocycles. The van der Waals surface area contributed by atoms with Gasteiger partial charge in [-0.15, -0.1) is 0 Å². The second kappa shape index (κ2) is 6.09. The van der Waals surface area contributed by atoms with Crippen molar-refractivity contribution < 1.29 is 33.3 Å². The molecule has 0 atom stereocenters. The molecule has 0 aromatic carbocycles. The summed E-state index contributed by atoms with van der Waals surface area (Å²) < 4.78 is 0. The third-order valence-electron chi connectivity index (χ3n) is 1.36. The zero-order chi connectivity index (χ0) is 9.02. The number of rotatable bonds is 3. The van der Waals surface area contributed by atoms with Gasteiger partial charge in [0.2, 0.25) is 0 Å². The molecule has 0 aromatic heterocycles. The molecular weight excluding hydrogens is 197 g/mol. The van der Waals surface area contributed by atoms with Crippen LogP contribution in [0.5, 0.6) is 0 Å². The first-order chi connectivity index (χ1) is 4.95. The summed E-state index contributed by atoms with van der Waals surface area (Å²) in [5.41, 5.74) is 0. The molecule has 1 radical (unpaired) electrons. The van der Waals surface area contributed by atoms with Gasteiger partial charge in [0.1, 0.15) is 0 Å². The minimum atomic E-state index is -1.07. The van der Waals surface area contributed by atoms with Gasteiger partial charge >= 0.3 is 6.09 Å². The van der Waals surface area contributed by atoms with Gasteiger partial charge < -0.3 is 10.0 Å². The predicted octanol–water partition coefficient (Wildman–Crippen LogP) is 0.819. The van der Waals surface area contributed by atoms with Crippen LogP contribution in [0.25, 0.3) is 0 Å². The summed E-state index contributed by atoms with van der Waals surface area (Å²) in [6, 6.07) is 0. The van der Waals surface area contributed by atoms with E-state index in [1.165, 1.54) is 7.05 Å². The number of hydrogen-bond donors (Lipinski definition) is 1. The average molecular weight is 210 g/mol. The van der Waals surface area contributed by atoms with Crippen molar-refractivity contribution in [1.29, 1.82) is 0 Å². The molecule has 5 heteroatoms. The average Bonchev–Trinajstić information content (AvgIpc) is 1.87. The van der Waals surface area contributed by atoms with Crippen LogP contribution in [-0.4, -0.2) is 35.5 Å². The van der Waals surface area contributed by atoms with Gasteiger partial charge in [-0.25, -0.2) is 4.79 Å². The summed E-state index contributed by atoms with van der Waals surface area (Å²) in [6.45, 7) is 3.48. The summed E-state index contributed by atoms with van der Waals surface area (Å²) in [4.78, 5) is 22.2. The van der Waals surface area contributed by atoms with Crippen molar-refractivity contribution in [2.45, 2.75) is 13.8 Å². The Bertz CT molecular complexity index is 170. The van der Waals surface area contributed by atoms with E-state index < -0.39 is 6.09 Å². The van der Waals surface area contributed by atoms with Crippen LogP contribution >= 0.6 is 0 Å². The smallest absolute Gasteiger partial charge is 0.407 e. The van der Waals surface area contributed by atoms with Gasteiger partial charge in [0.05, 0.1) is 6.54 Å². The van der Waals surface area contributed by atoms with E-state index in [1.807, 2.05) is 0 Å². The third-order valence-corrected chi connectivity index (χ3v) is 1.36. The largest absolute Gasteiger partial charge is 0.465 e. The zero-order valence-corrected chi connectivity index (χ0v) is 8.84. The number of nitrogens with zero attached hydrogens (tertiary/aromatic N) is 1. The maximum atomic E-state index is 11.0. The molecule has 0 unspecified atom stereocenters. The number of hydrogen-bond acceptors (Lipinski definition) is 2. The number of Topliss-reactive ketones (excluding diaryl/α,β-unsaturated/α-hetero) is 1.